The summed E-state index contributed by atoms with van der Waals surface area (Å²) in [5, 5.41) is 0.391. The lowest BCUT2D eigenvalue weighted by Gasteiger charge is -1.98. The zero-order valence-corrected chi connectivity index (χ0v) is 6.03. The number of nitrogen functional groups attached to an aromatic ring is 1. The van der Waals surface area contributed by atoms with Crippen LogP contribution in [0, 0.1) is 0 Å². The summed E-state index contributed by atoms with van der Waals surface area (Å²) in [6.07, 6.45) is 0. The summed E-state index contributed by atoms with van der Waals surface area (Å²) in [6, 6.07) is 4.74. The van der Waals surface area contributed by atoms with Gasteiger partial charge in [-0.1, -0.05) is 17.7 Å². The van der Waals surface area contributed by atoms with Crippen molar-refractivity contribution in [3.63, 3.8) is 0 Å². The molecule has 2 N–H and O–H groups in total. The highest BCUT2D eigenvalue weighted by atomic mass is 35.5. The van der Waals surface area contributed by atoms with E-state index in [0.717, 1.165) is 0 Å². The maximum absolute atomic E-state index is 12.0. The van der Waals surface area contributed by atoms with E-state index in [9.17, 15) is 4.39 Å². The van der Waals surface area contributed by atoms with Gasteiger partial charge >= 0.3 is 0 Å². The number of hydrogen-bond acceptors (Lipinski definition) is 1. The number of benzene rings is 1. The van der Waals surface area contributed by atoms with Crippen molar-refractivity contribution < 1.29 is 4.39 Å². The first-order valence-electron chi connectivity index (χ1n) is 2.84. The average Bonchev–Trinajstić information content (AvgIpc) is 1.88. The van der Waals surface area contributed by atoms with Crippen LogP contribution in [0.3, 0.4) is 0 Å². The summed E-state index contributed by atoms with van der Waals surface area (Å²) >= 11 is 5.61. The van der Waals surface area contributed by atoms with E-state index in [4.69, 9.17) is 17.3 Å². The van der Waals surface area contributed by atoms with Crippen molar-refractivity contribution in [2.75, 3.05) is 5.73 Å². The first kappa shape index (κ1) is 7.35. The van der Waals surface area contributed by atoms with Crippen LogP contribution in [0.15, 0.2) is 18.2 Å². The third kappa shape index (κ3) is 1.39. The van der Waals surface area contributed by atoms with E-state index in [1.54, 1.807) is 12.1 Å². The summed E-state index contributed by atoms with van der Waals surface area (Å²) in [5.74, 6) is 0. The quantitative estimate of drug-likeness (QED) is 0.626. The molecule has 1 aromatic carbocycles. The molecule has 0 saturated heterocycles. The van der Waals surface area contributed by atoms with E-state index in [2.05, 4.69) is 0 Å². The third-order valence-corrected chi connectivity index (χ3v) is 1.57. The Bertz CT molecular complexity index is 237. The molecule has 0 amide bonds. The van der Waals surface area contributed by atoms with E-state index in [1.165, 1.54) is 6.07 Å². The zero-order valence-electron chi connectivity index (χ0n) is 5.27. The normalized spacial score (nSPS) is 9.80. The molecule has 3 heteroatoms. The van der Waals surface area contributed by atoms with Crippen molar-refractivity contribution in [3.8, 4) is 0 Å². The lowest BCUT2D eigenvalue weighted by Crippen LogP contribution is -1.86. The summed E-state index contributed by atoms with van der Waals surface area (Å²) in [7, 11) is 0. The van der Waals surface area contributed by atoms with Crippen molar-refractivity contribution >= 4 is 17.3 Å². The number of rotatable bonds is 1. The minimum Gasteiger partial charge on any atom is -0.399 e. The van der Waals surface area contributed by atoms with Crippen molar-refractivity contribution in [1.29, 1.82) is 0 Å². The smallest absolute Gasteiger partial charge is 0.116 e. The molecule has 0 spiro atoms. The molecule has 0 fully saturated rings. The van der Waals surface area contributed by atoms with Crippen LogP contribution >= 0.6 is 11.6 Å². The fourth-order valence-corrected chi connectivity index (χ4v) is 0.911. The van der Waals surface area contributed by atoms with Gasteiger partial charge in [0.25, 0.3) is 0 Å². The molecule has 0 unspecified atom stereocenters. The van der Waals surface area contributed by atoms with E-state index < -0.39 is 6.67 Å². The van der Waals surface area contributed by atoms with Gasteiger partial charge in [-0.25, -0.2) is 4.39 Å². The van der Waals surface area contributed by atoms with Crippen molar-refractivity contribution in [2.24, 2.45) is 0 Å². The summed E-state index contributed by atoms with van der Waals surface area (Å²) in [4.78, 5) is 0. The second-order valence-corrected chi connectivity index (χ2v) is 2.39. The van der Waals surface area contributed by atoms with Crippen LogP contribution in [0.4, 0.5) is 10.1 Å². The molecule has 0 bridgehead atoms. The number of halogens is 2. The zero-order chi connectivity index (χ0) is 7.56. The lowest BCUT2D eigenvalue weighted by atomic mass is 10.2. The first-order chi connectivity index (χ1) is 4.74. The molecule has 0 radical (unpaired) electrons. The van der Waals surface area contributed by atoms with Crippen LogP contribution in [-0.4, -0.2) is 0 Å². The van der Waals surface area contributed by atoms with E-state index >= 15 is 0 Å². The largest absolute Gasteiger partial charge is 0.399 e. The fourth-order valence-electron chi connectivity index (χ4n) is 0.672. The number of nitrogens with two attached hydrogens (primary N) is 1. The van der Waals surface area contributed by atoms with Crippen molar-refractivity contribution in [3.05, 3.63) is 28.8 Å². The highest BCUT2D eigenvalue weighted by molar-refractivity contribution is 6.31. The molecular formula is C7H7ClFN. The Labute approximate surface area is 63.6 Å². The fraction of sp³-hybridized carbons (Fsp3) is 0.143. The van der Waals surface area contributed by atoms with Gasteiger partial charge in [-0.15, -0.1) is 0 Å². The number of hydrogen-bond donors (Lipinski definition) is 1. The van der Waals surface area contributed by atoms with Gasteiger partial charge in [0, 0.05) is 16.3 Å². The molecule has 1 aromatic rings. The molecule has 0 aliphatic rings. The summed E-state index contributed by atoms with van der Waals surface area (Å²) < 4.78 is 12.0. The summed E-state index contributed by atoms with van der Waals surface area (Å²) in [5.41, 5.74) is 6.42. The molecule has 0 aromatic heterocycles. The Balaban J connectivity index is 3.07. The Kier molecular flexibility index (Phi) is 2.12. The van der Waals surface area contributed by atoms with Crippen molar-refractivity contribution in [2.45, 2.75) is 6.67 Å². The molecule has 0 heterocycles. The van der Waals surface area contributed by atoms with Crippen LogP contribution in [0.2, 0.25) is 5.02 Å². The molecular weight excluding hydrogens is 153 g/mol. The van der Waals surface area contributed by atoms with Crippen molar-refractivity contribution in [1.82, 2.24) is 0 Å². The topological polar surface area (TPSA) is 26.0 Å². The maximum atomic E-state index is 12.0. The van der Waals surface area contributed by atoms with Crippen LogP contribution in [-0.2, 0) is 6.67 Å². The second-order valence-electron chi connectivity index (χ2n) is 1.98. The Morgan fingerprint density at radius 3 is 2.70 bits per heavy atom. The Morgan fingerprint density at radius 2 is 2.20 bits per heavy atom. The highest BCUT2D eigenvalue weighted by Gasteiger charge is 1.97. The molecule has 54 valence electrons. The Morgan fingerprint density at radius 1 is 1.50 bits per heavy atom. The molecule has 1 nitrogen and oxygen atoms in total. The maximum Gasteiger partial charge on any atom is 0.116 e. The lowest BCUT2D eigenvalue weighted by molar-refractivity contribution is 0.485. The van der Waals surface area contributed by atoms with Gasteiger partial charge in [0.1, 0.15) is 6.67 Å². The monoisotopic (exact) mass is 159 g/mol. The third-order valence-electron chi connectivity index (χ3n) is 1.22. The van der Waals surface area contributed by atoms with Crippen LogP contribution in [0.5, 0.6) is 0 Å². The molecule has 1 rings (SSSR count). The van der Waals surface area contributed by atoms with Gasteiger partial charge < -0.3 is 5.73 Å². The number of alkyl halides is 1. The van der Waals surface area contributed by atoms with Crippen LogP contribution in [0.1, 0.15) is 5.56 Å². The predicted molar refractivity (Wildman–Crippen MR) is 40.7 cm³/mol. The molecule has 0 aliphatic heterocycles. The first-order valence-corrected chi connectivity index (χ1v) is 3.21. The molecule has 10 heavy (non-hydrogen) atoms. The second kappa shape index (κ2) is 2.88. The average molecular weight is 160 g/mol. The van der Waals surface area contributed by atoms with Gasteiger partial charge in [-0.05, 0) is 12.1 Å². The minimum absolute atomic E-state index is 0.391. The van der Waals surface area contributed by atoms with Crippen LogP contribution in [0.25, 0.3) is 0 Å². The van der Waals surface area contributed by atoms with E-state index in [0.29, 0.717) is 16.3 Å². The minimum atomic E-state index is -0.543. The van der Waals surface area contributed by atoms with E-state index in [-0.39, 0.29) is 0 Å². The summed E-state index contributed by atoms with van der Waals surface area (Å²) in [6.45, 7) is -0.543. The molecule has 0 saturated carbocycles. The standard InChI is InChI=1S/C7H7ClFN/c8-7-3-6(10)2-1-5(7)4-9/h1-3H,4,10H2. The molecule has 0 aliphatic carbocycles. The molecule has 0 atom stereocenters. The predicted octanol–water partition coefficient (Wildman–Crippen LogP) is 2.39. The number of anilines is 1. The van der Waals surface area contributed by atoms with Gasteiger partial charge in [-0.3, -0.25) is 0 Å². The van der Waals surface area contributed by atoms with Gasteiger partial charge in [0.15, 0.2) is 0 Å². The highest BCUT2D eigenvalue weighted by Crippen LogP contribution is 2.19. The van der Waals surface area contributed by atoms with Gasteiger partial charge in [0.05, 0.1) is 0 Å². The van der Waals surface area contributed by atoms with Gasteiger partial charge in [-0.2, -0.15) is 0 Å². The van der Waals surface area contributed by atoms with E-state index in [1.807, 2.05) is 0 Å². The van der Waals surface area contributed by atoms with Crippen LogP contribution < -0.4 is 5.73 Å². The SMILES string of the molecule is Nc1ccc(CF)c(Cl)c1. The van der Waals surface area contributed by atoms with Gasteiger partial charge in [0.2, 0.25) is 0 Å². The Hall–Kier alpha value is -0.760.